The molecule has 1 heterocycles. The van der Waals surface area contributed by atoms with E-state index in [0.29, 0.717) is 5.92 Å². The topological polar surface area (TPSA) is 22.4 Å². The van der Waals surface area contributed by atoms with E-state index >= 15 is 0 Å². The monoisotopic (exact) mass is 348 g/mol. The van der Waals surface area contributed by atoms with Gasteiger partial charge in [-0.25, -0.2) is 0 Å². The maximum Gasteiger partial charge on any atom is 0.250 e. The van der Waals surface area contributed by atoms with Gasteiger partial charge in [-0.05, 0) is 67.9 Å². The molecule has 3 heteroatoms. The molecule has 1 aromatic heterocycles. The Morgan fingerprint density at radius 2 is 2.04 bits per heavy atom. The molecule has 1 aliphatic carbocycles. The summed E-state index contributed by atoms with van der Waals surface area (Å²) < 4.78 is 12.6. The number of aryl methyl sites for hydroxylation is 1. The summed E-state index contributed by atoms with van der Waals surface area (Å²) in [6, 6.07) is 2.14. The molecular formula is C21H36O2Si. The summed E-state index contributed by atoms with van der Waals surface area (Å²) in [5.74, 6) is 2.90. The summed E-state index contributed by atoms with van der Waals surface area (Å²) in [7, 11) is -1.83. The van der Waals surface area contributed by atoms with Crippen molar-refractivity contribution in [2.75, 3.05) is 0 Å². The van der Waals surface area contributed by atoms with E-state index in [1.807, 2.05) is 6.26 Å². The zero-order valence-corrected chi connectivity index (χ0v) is 18.0. The van der Waals surface area contributed by atoms with E-state index in [0.717, 1.165) is 25.0 Å². The highest BCUT2D eigenvalue weighted by molar-refractivity contribution is 6.74. The van der Waals surface area contributed by atoms with Crippen molar-refractivity contribution in [1.82, 2.24) is 0 Å². The molecular weight excluding hydrogens is 312 g/mol. The molecule has 0 unspecified atom stereocenters. The number of furan rings is 1. The Labute approximate surface area is 149 Å². The second-order valence-corrected chi connectivity index (χ2v) is 14.3. The van der Waals surface area contributed by atoms with E-state index in [2.05, 4.69) is 66.8 Å². The van der Waals surface area contributed by atoms with E-state index in [4.69, 9.17) is 8.84 Å². The third kappa shape index (κ3) is 4.16. The molecule has 24 heavy (non-hydrogen) atoms. The second kappa shape index (κ2) is 6.74. The Bertz CT molecular complexity index is 589. The predicted molar refractivity (Wildman–Crippen MR) is 105 cm³/mol. The summed E-state index contributed by atoms with van der Waals surface area (Å²) in [5, 5.41) is 0.215. The van der Waals surface area contributed by atoms with Crippen molar-refractivity contribution in [1.29, 1.82) is 0 Å². The summed E-state index contributed by atoms with van der Waals surface area (Å²) in [6.45, 7) is 18.4. The van der Waals surface area contributed by atoms with E-state index in [9.17, 15) is 0 Å². The first-order valence-electron chi connectivity index (χ1n) is 9.42. The lowest BCUT2D eigenvalue weighted by Crippen LogP contribution is -2.41. The molecule has 0 amide bonds. The van der Waals surface area contributed by atoms with Crippen molar-refractivity contribution in [3.8, 4) is 0 Å². The minimum Gasteiger partial charge on any atom is -0.547 e. The molecule has 0 saturated heterocycles. The Kier molecular flexibility index (Phi) is 5.44. The normalized spacial score (nSPS) is 22.6. The minimum absolute atomic E-state index is 0.0380. The van der Waals surface area contributed by atoms with E-state index in [-0.39, 0.29) is 10.5 Å². The van der Waals surface area contributed by atoms with Gasteiger partial charge in [0.25, 0.3) is 0 Å². The third-order valence-corrected chi connectivity index (χ3v) is 10.1. The van der Waals surface area contributed by atoms with Crippen LogP contribution in [-0.4, -0.2) is 8.32 Å². The highest BCUT2D eigenvalue weighted by Crippen LogP contribution is 2.43. The molecule has 0 saturated carbocycles. The van der Waals surface area contributed by atoms with Crippen LogP contribution in [0.4, 0.5) is 0 Å². The Morgan fingerprint density at radius 1 is 1.38 bits per heavy atom. The lowest BCUT2D eigenvalue weighted by atomic mass is 9.75. The smallest absolute Gasteiger partial charge is 0.250 e. The molecule has 1 atom stereocenters. The number of fused-ring (bicyclic) bond motifs is 1. The minimum atomic E-state index is -1.83. The molecule has 1 aliphatic rings. The van der Waals surface area contributed by atoms with Crippen LogP contribution >= 0.6 is 0 Å². The van der Waals surface area contributed by atoms with Gasteiger partial charge in [0, 0.05) is 11.8 Å². The quantitative estimate of drug-likeness (QED) is 0.430. The molecule has 0 N–H and O–H groups in total. The first-order chi connectivity index (χ1) is 10.9. The lowest BCUT2D eigenvalue weighted by Gasteiger charge is -2.39. The fourth-order valence-corrected chi connectivity index (χ4v) is 4.40. The van der Waals surface area contributed by atoms with Crippen molar-refractivity contribution in [3.05, 3.63) is 35.5 Å². The molecule has 0 bridgehead atoms. The highest BCUT2D eigenvalue weighted by Gasteiger charge is 2.40. The third-order valence-electron chi connectivity index (χ3n) is 5.69. The SMILES string of the molecule is CC(C)C/C(=C\[C@@]1(C)CCCc2ccoc21)O[Si](C)(C)C(C)(C)C. The first-order valence-corrected chi connectivity index (χ1v) is 12.3. The Hall–Kier alpha value is -0.963. The summed E-state index contributed by atoms with van der Waals surface area (Å²) in [5.41, 5.74) is 1.33. The molecule has 0 aromatic carbocycles. The number of hydrogen-bond acceptors (Lipinski definition) is 2. The van der Waals surface area contributed by atoms with Crippen LogP contribution in [0.15, 0.2) is 28.6 Å². The van der Waals surface area contributed by atoms with Crippen molar-refractivity contribution >= 4 is 8.32 Å². The van der Waals surface area contributed by atoms with Crippen molar-refractivity contribution < 1.29 is 8.84 Å². The van der Waals surface area contributed by atoms with E-state index in [1.165, 1.54) is 17.7 Å². The highest BCUT2D eigenvalue weighted by atomic mass is 28.4. The van der Waals surface area contributed by atoms with Crippen molar-refractivity contribution in [2.45, 2.75) is 90.8 Å². The van der Waals surface area contributed by atoms with Crippen LogP contribution in [-0.2, 0) is 16.3 Å². The molecule has 0 spiro atoms. The van der Waals surface area contributed by atoms with Gasteiger partial charge in [-0.2, -0.15) is 0 Å². The largest absolute Gasteiger partial charge is 0.547 e. The molecule has 0 fully saturated rings. The second-order valence-electron chi connectivity index (χ2n) is 9.62. The fourth-order valence-electron chi connectivity index (χ4n) is 3.30. The fraction of sp³-hybridized carbons (Fsp3) is 0.714. The zero-order valence-electron chi connectivity index (χ0n) is 17.0. The van der Waals surface area contributed by atoms with Crippen molar-refractivity contribution in [3.63, 3.8) is 0 Å². The van der Waals surface area contributed by atoms with E-state index in [1.54, 1.807) is 0 Å². The van der Waals surface area contributed by atoms with Gasteiger partial charge < -0.3 is 8.84 Å². The zero-order chi connectivity index (χ0) is 18.2. The van der Waals surface area contributed by atoms with E-state index < -0.39 is 8.32 Å². The standard InChI is InChI=1S/C21H36O2Si/c1-16(2)14-18(23-24(7,8)20(3,4)5)15-21(6)12-9-10-17-11-13-22-19(17)21/h11,13,15-16H,9-10,12,14H2,1-8H3/b18-15+/t21-/m1/s1. The average molecular weight is 349 g/mol. The van der Waals surface area contributed by atoms with Gasteiger partial charge in [0.05, 0.1) is 12.0 Å². The average Bonchev–Trinajstić information content (AvgIpc) is 2.85. The van der Waals surface area contributed by atoms with Crippen LogP contribution in [0, 0.1) is 5.92 Å². The van der Waals surface area contributed by atoms with Gasteiger partial charge in [0.1, 0.15) is 5.76 Å². The Balaban J connectivity index is 2.37. The van der Waals surface area contributed by atoms with Crippen LogP contribution < -0.4 is 0 Å². The summed E-state index contributed by atoms with van der Waals surface area (Å²) >= 11 is 0. The van der Waals surface area contributed by atoms with Gasteiger partial charge in [-0.1, -0.05) is 34.6 Å². The van der Waals surface area contributed by atoms with Gasteiger partial charge in [0.2, 0.25) is 8.32 Å². The van der Waals surface area contributed by atoms with Crippen molar-refractivity contribution in [2.24, 2.45) is 5.92 Å². The van der Waals surface area contributed by atoms with Crippen LogP contribution in [0.2, 0.25) is 18.1 Å². The predicted octanol–water partition coefficient (Wildman–Crippen LogP) is 6.83. The number of hydrogen-bond donors (Lipinski definition) is 0. The van der Waals surface area contributed by atoms with Gasteiger partial charge in [-0.15, -0.1) is 0 Å². The molecule has 0 radical (unpaired) electrons. The van der Waals surface area contributed by atoms with Crippen LogP contribution in [0.25, 0.3) is 0 Å². The van der Waals surface area contributed by atoms with Crippen LogP contribution in [0.3, 0.4) is 0 Å². The number of allylic oxidation sites excluding steroid dienone is 2. The summed E-state index contributed by atoms with van der Waals surface area (Å²) in [6.07, 6.45) is 8.72. The summed E-state index contributed by atoms with van der Waals surface area (Å²) in [4.78, 5) is 0. The lowest BCUT2D eigenvalue weighted by molar-refractivity contribution is 0.320. The van der Waals surface area contributed by atoms with Crippen LogP contribution in [0.1, 0.15) is 72.1 Å². The molecule has 2 nitrogen and oxygen atoms in total. The molecule has 136 valence electrons. The maximum absolute atomic E-state index is 6.73. The molecule has 2 rings (SSSR count). The van der Waals surface area contributed by atoms with Gasteiger partial charge in [-0.3, -0.25) is 0 Å². The molecule has 0 aliphatic heterocycles. The maximum atomic E-state index is 6.73. The van der Waals surface area contributed by atoms with Gasteiger partial charge >= 0.3 is 0 Å². The van der Waals surface area contributed by atoms with Crippen LogP contribution in [0.5, 0.6) is 0 Å². The number of rotatable bonds is 5. The first kappa shape index (κ1) is 19.4. The van der Waals surface area contributed by atoms with Gasteiger partial charge in [0.15, 0.2) is 0 Å². The molecule has 1 aromatic rings. The Morgan fingerprint density at radius 3 is 2.62 bits per heavy atom.